The lowest BCUT2D eigenvalue weighted by Gasteiger charge is -2.16. The van der Waals surface area contributed by atoms with E-state index >= 15 is 0 Å². The average Bonchev–Trinajstić information content (AvgIpc) is 2.46. The van der Waals surface area contributed by atoms with Crippen molar-refractivity contribution in [2.75, 3.05) is 7.11 Å². The lowest BCUT2D eigenvalue weighted by molar-refractivity contribution is 0.406. The van der Waals surface area contributed by atoms with Crippen molar-refractivity contribution in [1.82, 2.24) is 0 Å². The van der Waals surface area contributed by atoms with E-state index in [1.807, 2.05) is 24.3 Å². The Bertz CT molecular complexity index is 551. The van der Waals surface area contributed by atoms with Gasteiger partial charge in [0.15, 0.2) is 0 Å². The van der Waals surface area contributed by atoms with E-state index in [9.17, 15) is 4.39 Å². The second-order valence-electron chi connectivity index (χ2n) is 4.46. The van der Waals surface area contributed by atoms with Gasteiger partial charge in [0.2, 0.25) is 0 Å². The molecule has 1 atom stereocenters. The van der Waals surface area contributed by atoms with Crippen LogP contribution in [0.4, 0.5) is 4.39 Å². The van der Waals surface area contributed by atoms with Crippen LogP contribution in [0.1, 0.15) is 29.7 Å². The molecule has 0 saturated carbocycles. The molecule has 0 aliphatic heterocycles. The molecule has 2 N–H and O–H groups in total. The van der Waals surface area contributed by atoms with Gasteiger partial charge in [-0.3, -0.25) is 0 Å². The van der Waals surface area contributed by atoms with Gasteiger partial charge in [-0.25, -0.2) is 4.39 Å². The van der Waals surface area contributed by atoms with Gasteiger partial charge >= 0.3 is 0 Å². The lowest BCUT2D eigenvalue weighted by atomic mass is 9.97. The first-order valence-electron chi connectivity index (χ1n) is 6.33. The van der Waals surface area contributed by atoms with Crippen LogP contribution in [0.2, 0.25) is 0 Å². The van der Waals surface area contributed by atoms with Crippen LogP contribution in [-0.4, -0.2) is 7.11 Å². The molecular formula is C16H18FNO. The Morgan fingerprint density at radius 2 is 1.84 bits per heavy atom. The summed E-state index contributed by atoms with van der Waals surface area (Å²) in [5, 5.41) is 0. The maximum Gasteiger partial charge on any atom is 0.124 e. The maximum absolute atomic E-state index is 13.4. The van der Waals surface area contributed by atoms with Gasteiger partial charge in [-0.15, -0.1) is 0 Å². The van der Waals surface area contributed by atoms with Gasteiger partial charge in [0, 0.05) is 5.56 Å². The lowest BCUT2D eigenvalue weighted by Crippen LogP contribution is -2.13. The second kappa shape index (κ2) is 5.85. The van der Waals surface area contributed by atoms with Crippen molar-refractivity contribution < 1.29 is 9.13 Å². The summed E-state index contributed by atoms with van der Waals surface area (Å²) in [6.45, 7) is 2.10. The molecular weight excluding hydrogens is 241 g/mol. The van der Waals surface area contributed by atoms with Crippen molar-refractivity contribution in [3.63, 3.8) is 0 Å². The van der Waals surface area contributed by atoms with Crippen molar-refractivity contribution in [3.8, 4) is 5.75 Å². The van der Waals surface area contributed by atoms with Crippen LogP contribution < -0.4 is 10.5 Å². The van der Waals surface area contributed by atoms with E-state index in [4.69, 9.17) is 10.5 Å². The first kappa shape index (κ1) is 13.6. The predicted molar refractivity (Wildman–Crippen MR) is 74.8 cm³/mol. The zero-order chi connectivity index (χ0) is 13.8. The number of hydrogen-bond donors (Lipinski definition) is 1. The smallest absolute Gasteiger partial charge is 0.124 e. The molecule has 2 rings (SSSR count). The van der Waals surface area contributed by atoms with Crippen LogP contribution in [-0.2, 0) is 6.42 Å². The standard InChI is InChI=1S/C16H18FNO/c1-3-11-4-6-12(7-5-11)16(18)14-10-13(17)8-9-15(14)19-2/h4-10,16H,3,18H2,1-2H3. The monoisotopic (exact) mass is 259 g/mol. The van der Waals surface area contributed by atoms with Crippen molar-refractivity contribution in [3.05, 3.63) is 65.0 Å². The summed E-state index contributed by atoms with van der Waals surface area (Å²) in [6.07, 6.45) is 0.985. The van der Waals surface area contributed by atoms with Gasteiger partial charge in [-0.2, -0.15) is 0 Å². The third kappa shape index (κ3) is 2.93. The molecule has 0 amide bonds. The quantitative estimate of drug-likeness (QED) is 0.912. The van der Waals surface area contributed by atoms with Gasteiger partial charge < -0.3 is 10.5 Å². The van der Waals surface area contributed by atoms with Gasteiger partial charge in [0.05, 0.1) is 13.2 Å². The van der Waals surface area contributed by atoms with Crippen molar-refractivity contribution in [2.45, 2.75) is 19.4 Å². The zero-order valence-electron chi connectivity index (χ0n) is 11.2. The van der Waals surface area contributed by atoms with Crippen LogP contribution in [0, 0.1) is 5.82 Å². The van der Waals surface area contributed by atoms with Gasteiger partial charge in [-0.05, 0) is 35.7 Å². The number of ether oxygens (including phenoxy) is 1. The fraction of sp³-hybridized carbons (Fsp3) is 0.250. The molecule has 2 aromatic rings. The molecule has 2 nitrogen and oxygen atoms in total. The molecule has 0 aliphatic carbocycles. The predicted octanol–water partition coefficient (Wildman–Crippen LogP) is 3.44. The normalized spacial score (nSPS) is 12.2. The van der Waals surface area contributed by atoms with Crippen LogP contribution >= 0.6 is 0 Å². The zero-order valence-corrected chi connectivity index (χ0v) is 11.2. The van der Waals surface area contributed by atoms with Crippen molar-refractivity contribution >= 4 is 0 Å². The first-order chi connectivity index (χ1) is 9.15. The summed E-state index contributed by atoms with van der Waals surface area (Å²) in [4.78, 5) is 0. The first-order valence-corrected chi connectivity index (χ1v) is 6.33. The number of methoxy groups -OCH3 is 1. The third-order valence-corrected chi connectivity index (χ3v) is 3.27. The second-order valence-corrected chi connectivity index (χ2v) is 4.46. The topological polar surface area (TPSA) is 35.2 Å². The summed E-state index contributed by atoms with van der Waals surface area (Å²) < 4.78 is 18.6. The molecule has 0 saturated heterocycles. The molecule has 0 aliphatic rings. The van der Waals surface area contributed by atoms with Gasteiger partial charge in [-0.1, -0.05) is 31.2 Å². The Labute approximate surface area is 113 Å². The van der Waals surface area contributed by atoms with Crippen molar-refractivity contribution in [2.24, 2.45) is 5.73 Å². The molecule has 0 spiro atoms. The Balaban J connectivity index is 2.36. The highest BCUT2D eigenvalue weighted by atomic mass is 19.1. The summed E-state index contributed by atoms with van der Waals surface area (Å²) in [5.74, 6) is 0.296. The van der Waals surface area contributed by atoms with E-state index in [-0.39, 0.29) is 5.82 Å². The third-order valence-electron chi connectivity index (χ3n) is 3.27. The average molecular weight is 259 g/mol. The molecule has 0 aromatic heterocycles. The SMILES string of the molecule is CCc1ccc(C(N)c2cc(F)ccc2OC)cc1. The van der Waals surface area contributed by atoms with Crippen molar-refractivity contribution in [1.29, 1.82) is 0 Å². The number of hydrogen-bond acceptors (Lipinski definition) is 2. The molecule has 0 radical (unpaired) electrons. The maximum atomic E-state index is 13.4. The van der Waals surface area contributed by atoms with E-state index < -0.39 is 6.04 Å². The summed E-state index contributed by atoms with van der Waals surface area (Å²) in [6, 6.07) is 12.1. The minimum atomic E-state index is -0.392. The largest absolute Gasteiger partial charge is 0.496 e. The number of halogens is 1. The fourth-order valence-electron chi connectivity index (χ4n) is 2.09. The number of benzene rings is 2. The molecule has 2 aromatic carbocycles. The highest BCUT2D eigenvalue weighted by Crippen LogP contribution is 2.29. The molecule has 1 unspecified atom stereocenters. The molecule has 0 heterocycles. The summed E-state index contributed by atoms with van der Waals surface area (Å²) in [7, 11) is 1.56. The van der Waals surface area contributed by atoms with E-state index in [0.717, 1.165) is 12.0 Å². The molecule has 100 valence electrons. The van der Waals surface area contributed by atoms with Crippen LogP contribution in [0.25, 0.3) is 0 Å². The summed E-state index contributed by atoms with van der Waals surface area (Å²) >= 11 is 0. The Morgan fingerprint density at radius 1 is 1.16 bits per heavy atom. The molecule has 19 heavy (non-hydrogen) atoms. The van der Waals surface area contributed by atoms with E-state index in [0.29, 0.717) is 11.3 Å². The van der Waals surface area contributed by atoms with E-state index in [1.165, 1.54) is 17.7 Å². The number of nitrogens with two attached hydrogens (primary N) is 1. The van der Waals surface area contributed by atoms with E-state index in [2.05, 4.69) is 6.92 Å². The Kier molecular flexibility index (Phi) is 4.17. The highest BCUT2D eigenvalue weighted by Gasteiger charge is 2.14. The minimum Gasteiger partial charge on any atom is -0.496 e. The van der Waals surface area contributed by atoms with Crippen LogP contribution in [0.15, 0.2) is 42.5 Å². The molecule has 3 heteroatoms. The molecule has 0 fully saturated rings. The van der Waals surface area contributed by atoms with Crippen LogP contribution in [0.3, 0.4) is 0 Å². The Hall–Kier alpha value is -1.87. The van der Waals surface area contributed by atoms with Gasteiger partial charge in [0.25, 0.3) is 0 Å². The Morgan fingerprint density at radius 3 is 2.42 bits per heavy atom. The number of aryl methyl sites for hydroxylation is 1. The molecule has 0 bridgehead atoms. The van der Waals surface area contributed by atoms with Gasteiger partial charge in [0.1, 0.15) is 11.6 Å². The minimum absolute atomic E-state index is 0.309. The fourth-order valence-corrected chi connectivity index (χ4v) is 2.09. The van der Waals surface area contributed by atoms with Crippen LogP contribution in [0.5, 0.6) is 5.75 Å². The summed E-state index contributed by atoms with van der Waals surface area (Å²) in [5.41, 5.74) is 9.06. The van der Waals surface area contributed by atoms with E-state index in [1.54, 1.807) is 13.2 Å². The highest BCUT2D eigenvalue weighted by molar-refractivity contribution is 5.42. The number of rotatable bonds is 4.